The van der Waals surface area contributed by atoms with Gasteiger partial charge in [0.05, 0.1) is 12.0 Å². The van der Waals surface area contributed by atoms with Gasteiger partial charge in [-0.05, 0) is 23.8 Å². The molecule has 0 radical (unpaired) electrons. The zero-order valence-electron chi connectivity index (χ0n) is 11.5. The first-order valence-electron chi connectivity index (χ1n) is 6.38. The van der Waals surface area contributed by atoms with Crippen molar-refractivity contribution in [3.05, 3.63) is 71.0 Å². The Hall–Kier alpha value is -3.04. The summed E-state index contributed by atoms with van der Waals surface area (Å²) in [4.78, 5) is 24.1. The summed E-state index contributed by atoms with van der Waals surface area (Å²) in [5.41, 5.74) is 0.407. The molecular formula is C16H12FN3O2. The Morgan fingerprint density at radius 3 is 2.50 bits per heavy atom. The van der Waals surface area contributed by atoms with Crippen molar-refractivity contribution in [2.24, 2.45) is 5.84 Å². The second-order valence-corrected chi connectivity index (χ2v) is 4.54. The molecule has 0 aromatic heterocycles. The molecule has 2 N–H and O–H groups in total. The standard InChI is InChI=1S/C16H12FN3O2/c17-14-7-6-12(9-13(14)10-18)16(22)20(19)15(21)8-11-4-2-1-3-5-11/h1-7,9H,8,19H2. The number of halogens is 1. The lowest BCUT2D eigenvalue weighted by Gasteiger charge is -2.15. The molecule has 2 amide bonds. The topological polar surface area (TPSA) is 87.2 Å². The number of nitrogens with two attached hydrogens (primary N) is 1. The second-order valence-electron chi connectivity index (χ2n) is 4.54. The van der Waals surface area contributed by atoms with Gasteiger partial charge in [-0.15, -0.1) is 0 Å². The van der Waals surface area contributed by atoms with E-state index in [1.165, 1.54) is 6.07 Å². The number of hydrazine groups is 1. The van der Waals surface area contributed by atoms with Gasteiger partial charge in [0.25, 0.3) is 5.91 Å². The van der Waals surface area contributed by atoms with Crippen LogP contribution in [0.25, 0.3) is 0 Å². The van der Waals surface area contributed by atoms with E-state index in [0.717, 1.165) is 12.1 Å². The molecular weight excluding hydrogens is 285 g/mol. The Morgan fingerprint density at radius 2 is 1.86 bits per heavy atom. The maximum Gasteiger partial charge on any atom is 0.274 e. The van der Waals surface area contributed by atoms with Crippen LogP contribution in [0.3, 0.4) is 0 Å². The van der Waals surface area contributed by atoms with Gasteiger partial charge < -0.3 is 0 Å². The van der Waals surface area contributed by atoms with Crippen LogP contribution >= 0.6 is 0 Å². The number of hydrogen-bond donors (Lipinski definition) is 1. The van der Waals surface area contributed by atoms with Crippen LogP contribution in [0.5, 0.6) is 0 Å². The number of nitriles is 1. The van der Waals surface area contributed by atoms with Crippen LogP contribution in [0.1, 0.15) is 21.5 Å². The van der Waals surface area contributed by atoms with E-state index in [1.807, 2.05) is 0 Å². The van der Waals surface area contributed by atoms with E-state index < -0.39 is 17.6 Å². The minimum atomic E-state index is -0.794. The average molecular weight is 297 g/mol. The quantitative estimate of drug-likeness (QED) is 0.531. The van der Waals surface area contributed by atoms with Crippen molar-refractivity contribution < 1.29 is 14.0 Å². The third-order valence-electron chi connectivity index (χ3n) is 3.02. The van der Waals surface area contributed by atoms with Crippen LogP contribution < -0.4 is 5.84 Å². The van der Waals surface area contributed by atoms with Crippen molar-refractivity contribution in [1.82, 2.24) is 5.01 Å². The highest BCUT2D eigenvalue weighted by Gasteiger charge is 2.20. The Bertz CT molecular complexity index is 754. The zero-order valence-corrected chi connectivity index (χ0v) is 11.5. The van der Waals surface area contributed by atoms with Crippen LogP contribution in [-0.4, -0.2) is 16.8 Å². The largest absolute Gasteiger partial charge is 0.274 e. The van der Waals surface area contributed by atoms with Gasteiger partial charge in [0.1, 0.15) is 11.9 Å². The van der Waals surface area contributed by atoms with E-state index in [4.69, 9.17) is 11.1 Å². The Labute approximate surface area is 126 Å². The van der Waals surface area contributed by atoms with E-state index in [0.29, 0.717) is 10.6 Å². The van der Waals surface area contributed by atoms with Crippen LogP contribution in [0.4, 0.5) is 4.39 Å². The first-order chi connectivity index (χ1) is 10.5. The van der Waals surface area contributed by atoms with Crippen LogP contribution in [0.15, 0.2) is 48.5 Å². The van der Waals surface area contributed by atoms with Gasteiger partial charge in [0.15, 0.2) is 0 Å². The summed E-state index contributed by atoms with van der Waals surface area (Å²) < 4.78 is 13.2. The molecule has 0 atom stereocenters. The fourth-order valence-electron chi connectivity index (χ4n) is 1.85. The molecule has 0 aliphatic heterocycles. The summed E-state index contributed by atoms with van der Waals surface area (Å²) in [7, 11) is 0. The van der Waals surface area contributed by atoms with Gasteiger partial charge in [0, 0.05) is 5.56 Å². The smallest absolute Gasteiger partial charge is 0.273 e. The molecule has 6 heteroatoms. The van der Waals surface area contributed by atoms with Gasteiger partial charge in [0.2, 0.25) is 5.91 Å². The predicted molar refractivity (Wildman–Crippen MR) is 76.6 cm³/mol. The molecule has 22 heavy (non-hydrogen) atoms. The SMILES string of the molecule is N#Cc1cc(C(=O)N(N)C(=O)Cc2ccccc2)ccc1F. The summed E-state index contributed by atoms with van der Waals surface area (Å²) in [6, 6.07) is 13.7. The van der Waals surface area contributed by atoms with Crippen molar-refractivity contribution in [2.45, 2.75) is 6.42 Å². The van der Waals surface area contributed by atoms with Crippen molar-refractivity contribution in [3.63, 3.8) is 0 Å². The van der Waals surface area contributed by atoms with Crippen LogP contribution in [0, 0.1) is 17.1 Å². The molecule has 0 saturated carbocycles. The Kier molecular flexibility index (Phi) is 4.61. The van der Waals surface area contributed by atoms with E-state index >= 15 is 0 Å². The molecule has 0 aliphatic carbocycles. The number of hydrogen-bond acceptors (Lipinski definition) is 4. The highest BCUT2D eigenvalue weighted by atomic mass is 19.1. The molecule has 0 saturated heterocycles. The first-order valence-corrected chi connectivity index (χ1v) is 6.38. The lowest BCUT2D eigenvalue weighted by molar-refractivity contribution is -0.128. The molecule has 2 aromatic rings. The summed E-state index contributed by atoms with van der Waals surface area (Å²) >= 11 is 0. The van der Waals surface area contributed by atoms with Crippen LogP contribution in [0.2, 0.25) is 0 Å². The van der Waals surface area contributed by atoms with E-state index in [9.17, 15) is 14.0 Å². The van der Waals surface area contributed by atoms with E-state index in [1.54, 1.807) is 36.4 Å². The molecule has 5 nitrogen and oxygen atoms in total. The highest BCUT2D eigenvalue weighted by molar-refractivity contribution is 6.04. The van der Waals surface area contributed by atoms with Crippen molar-refractivity contribution in [3.8, 4) is 6.07 Å². The fraction of sp³-hybridized carbons (Fsp3) is 0.0625. The monoisotopic (exact) mass is 297 g/mol. The number of benzene rings is 2. The summed E-state index contributed by atoms with van der Waals surface area (Å²) in [6.07, 6.45) is -0.0324. The van der Waals surface area contributed by atoms with Gasteiger partial charge in [-0.2, -0.15) is 5.26 Å². The number of carbonyl (C=O) groups is 2. The summed E-state index contributed by atoms with van der Waals surface area (Å²) in [5, 5.41) is 9.23. The fourth-order valence-corrected chi connectivity index (χ4v) is 1.85. The second kappa shape index (κ2) is 6.61. The van der Waals surface area contributed by atoms with E-state index in [-0.39, 0.29) is 17.5 Å². The summed E-state index contributed by atoms with van der Waals surface area (Å²) in [5.74, 6) is 3.40. The lowest BCUT2D eigenvalue weighted by Crippen LogP contribution is -2.43. The first kappa shape index (κ1) is 15.4. The third-order valence-corrected chi connectivity index (χ3v) is 3.02. The predicted octanol–water partition coefficient (Wildman–Crippen LogP) is 1.78. The third kappa shape index (κ3) is 3.34. The maximum absolute atomic E-state index is 13.2. The zero-order chi connectivity index (χ0) is 16.1. The van der Waals surface area contributed by atoms with Crippen LogP contribution in [-0.2, 0) is 11.2 Å². The normalized spacial score (nSPS) is 9.86. The highest BCUT2D eigenvalue weighted by Crippen LogP contribution is 2.11. The lowest BCUT2D eigenvalue weighted by atomic mass is 10.1. The Balaban J connectivity index is 2.15. The van der Waals surface area contributed by atoms with Gasteiger partial charge in [-0.1, -0.05) is 30.3 Å². The number of amides is 2. The Morgan fingerprint density at radius 1 is 1.18 bits per heavy atom. The molecule has 0 bridgehead atoms. The van der Waals surface area contributed by atoms with E-state index in [2.05, 4.69) is 0 Å². The minimum absolute atomic E-state index is 0.0261. The van der Waals surface area contributed by atoms with Gasteiger partial charge >= 0.3 is 0 Å². The number of rotatable bonds is 3. The molecule has 0 heterocycles. The van der Waals surface area contributed by atoms with Crippen molar-refractivity contribution in [1.29, 1.82) is 5.26 Å². The molecule has 2 aromatic carbocycles. The van der Waals surface area contributed by atoms with Gasteiger partial charge in [-0.3, -0.25) is 9.59 Å². The molecule has 0 spiro atoms. The molecule has 0 aliphatic rings. The van der Waals surface area contributed by atoms with Gasteiger partial charge in [-0.25, -0.2) is 15.2 Å². The molecule has 0 unspecified atom stereocenters. The molecule has 2 rings (SSSR count). The molecule has 0 fully saturated rings. The number of nitrogens with zero attached hydrogens (tertiary/aromatic N) is 2. The molecule has 110 valence electrons. The maximum atomic E-state index is 13.2. The number of carbonyl (C=O) groups excluding carboxylic acids is 2. The summed E-state index contributed by atoms with van der Waals surface area (Å²) in [6.45, 7) is 0. The number of imide groups is 1. The minimum Gasteiger partial charge on any atom is -0.273 e. The van der Waals surface area contributed by atoms with Crippen molar-refractivity contribution in [2.75, 3.05) is 0 Å². The average Bonchev–Trinajstić information content (AvgIpc) is 2.54. The van der Waals surface area contributed by atoms with Crippen molar-refractivity contribution >= 4 is 11.8 Å².